The van der Waals surface area contributed by atoms with Crippen LogP contribution in [0, 0.1) is 11.8 Å². The Morgan fingerprint density at radius 2 is 1.79 bits per heavy atom. The lowest BCUT2D eigenvalue weighted by atomic mass is 9.75. The molecule has 0 aliphatic heterocycles. The monoisotopic (exact) mass is 199 g/mol. The molecule has 1 fully saturated rings. The Morgan fingerprint density at radius 1 is 1.29 bits per heavy atom. The molecule has 0 spiro atoms. The van der Waals surface area contributed by atoms with Crippen LogP contribution >= 0.6 is 0 Å². The van der Waals surface area contributed by atoms with E-state index in [1.165, 1.54) is 38.5 Å². The van der Waals surface area contributed by atoms with Crippen molar-refractivity contribution in [2.75, 3.05) is 6.54 Å². The molecule has 2 atom stereocenters. The topological polar surface area (TPSA) is 46.2 Å². The highest BCUT2D eigenvalue weighted by Crippen LogP contribution is 2.35. The third-order valence-electron chi connectivity index (χ3n) is 4.03. The lowest BCUT2D eigenvalue weighted by molar-refractivity contribution is -0.0501. The van der Waals surface area contributed by atoms with Gasteiger partial charge in [-0.25, -0.2) is 0 Å². The molecule has 0 aromatic carbocycles. The van der Waals surface area contributed by atoms with Gasteiger partial charge in [0.05, 0.1) is 5.60 Å². The van der Waals surface area contributed by atoms with Gasteiger partial charge in [-0.05, 0) is 38.1 Å². The van der Waals surface area contributed by atoms with Crippen molar-refractivity contribution in [3.8, 4) is 0 Å². The Labute approximate surface area is 87.9 Å². The minimum atomic E-state index is -0.556. The smallest absolute Gasteiger partial charge is 0.0685 e. The number of hydrogen-bond acceptors (Lipinski definition) is 2. The summed E-state index contributed by atoms with van der Waals surface area (Å²) in [5, 5.41) is 10.5. The van der Waals surface area contributed by atoms with Gasteiger partial charge in [-0.3, -0.25) is 0 Å². The summed E-state index contributed by atoms with van der Waals surface area (Å²) in [6, 6.07) is 0. The van der Waals surface area contributed by atoms with Crippen LogP contribution in [-0.2, 0) is 0 Å². The highest BCUT2D eigenvalue weighted by Gasteiger charge is 2.36. The zero-order valence-corrected chi connectivity index (χ0v) is 9.63. The van der Waals surface area contributed by atoms with E-state index in [2.05, 4.69) is 6.92 Å². The number of hydrogen-bond donors (Lipinski definition) is 2. The van der Waals surface area contributed by atoms with Gasteiger partial charge in [0.1, 0.15) is 0 Å². The molecule has 1 aliphatic carbocycles. The molecule has 1 saturated carbocycles. The summed E-state index contributed by atoms with van der Waals surface area (Å²) < 4.78 is 0. The van der Waals surface area contributed by atoms with E-state index >= 15 is 0 Å². The molecule has 3 N–H and O–H groups in total. The second-order valence-corrected chi connectivity index (χ2v) is 5.05. The summed E-state index contributed by atoms with van der Waals surface area (Å²) >= 11 is 0. The van der Waals surface area contributed by atoms with Crippen LogP contribution < -0.4 is 5.73 Å². The molecule has 0 radical (unpaired) electrons. The maximum absolute atomic E-state index is 10.5. The fraction of sp³-hybridized carbons (Fsp3) is 1.00. The molecule has 0 aromatic rings. The first-order valence-electron chi connectivity index (χ1n) is 6.01. The quantitative estimate of drug-likeness (QED) is 0.685. The van der Waals surface area contributed by atoms with Crippen molar-refractivity contribution in [3.63, 3.8) is 0 Å². The van der Waals surface area contributed by atoms with Crippen LogP contribution in [0.1, 0.15) is 52.4 Å². The number of rotatable bonds is 3. The predicted molar refractivity (Wildman–Crippen MR) is 60.0 cm³/mol. The molecule has 0 amide bonds. The van der Waals surface area contributed by atoms with Gasteiger partial charge < -0.3 is 10.8 Å². The summed E-state index contributed by atoms with van der Waals surface area (Å²) in [5.74, 6) is 0.675. The van der Waals surface area contributed by atoms with Gasteiger partial charge >= 0.3 is 0 Å². The van der Waals surface area contributed by atoms with Gasteiger partial charge in [0.25, 0.3) is 0 Å². The van der Waals surface area contributed by atoms with Crippen LogP contribution in [0.25, 0.3) is 0 Å². The van der Waals surface area contributed by atoms with Crippen molar-refractivity contribution < 1.29 is 5.11 Å². The van der Waals surface area contributed by atoms with Gasteiger partial charge in [-0.15, -0.1) is 0 Å². The molecule has 0 bridgehead atoms. The van der Waals surface area contributed by atoms with Crippen molar-refractivity contribution in [3.05, 3.63) is 0 Å². The van der Waals surface area contributed by atoms with Crippen molar-refractivity contribution in [2.45, 2.75) is 58.0 Å². The second-order valence-electron chi connectivity index (χ2n) is 5.05. The van der Waals surface area contributed by atoms with Crippen LogP contribution in [0.3, 0.4) is 0 Å². The first-order chi connectivity index (χ1) is 6.59. The van der Waals surface area contributed by atoms with E-state index in [0.29, 0.717) is 12.5 Å². The first-order valence-corrected chi connectivity index (χ1v) is 6.01. The van der Waals surface area contributed by atoms with E-state index in [1.54, 1.807) is 0 Å². The Bertz CT molecular complexity index is 160. The highest BCUT2D eigenvalue weighted by atomic mass is 16.3. The van der Waals surface area contributed by atoms with E-state index in [-0.39, 0.29) is 5.92 Å². The zero-order valence-electron chi connectivity index (χ0n) is 9.63. The largest absolute Gasteiger partial charge is 0.390 e. The van der Waals surface area contributed by atoms with Crippen LogP contribution in [0.4, 0.5) is 0 Å². The van der Waals surface area contributed by atoms with Crippen LogP contribution in [-0.4, -0.2) is 17.3 Å². The summed E-state index contributed by atoms with van der Waals surface area (Å²) in [4.78, 5) is 0. The zero-order chi connectivity index (χ0) is 10.6. The number of nitrogens with two attached hydrogens (primary N) is 1. The molecule has 1 rings (SSSR count). The fourth-order valence-electron chi connectivity index (χ4n) is 2.50. The summed E-state index contributed by atoms with van der Waals surface area (Å²) in [5.41, 5.74) is 5.09. The van der Waals surface area contributed by atoms with Crippen molar-refractivity contribution >= 4 is 0 Å². The molecule has 2 unspecified atom stereocenters. The summed E-state index contributed by atoms with van der Waals surface area (Å²) in [7, 11) is 0. The molecule has 0 aromatic heterocycles. The van der Waals surface area contributed by atoms with Gasteiger partial charge in [0.15, 0.2) is 0 Å². The summed E-state index contributed by atoms with van der Waals surface area (Å²) in [6.45, 7) is 4.62. The normalized spacial score (nSPS) is 26.6. The Kier molecular flexibility index (Phi) is 4.39. The third-order valence-corrected chi connectivity index (χ3v) is 4.03. The maximum Gasteiger partial charge on any atom is 0.0685 e. The standard InChI is InChI=1S/C12H25NO/c1-10(9-13)12(2,14)11-7-5-3-4-6-8-11/h10-11,14H,3-9,13H2,1-2H3. The lowest BCUT2D eigenvalue weighted by Gasteiger charge is -2.37. The van der Waals surface area contributed by atoms with E-state index in [9.17, 15) is 5.11 Å². The average Bonchev–Trinajstić information content (AvgIpc) is 2.44. The maximum atomic E-state index is 10.5. The van der Waals surface area contributed by atoms with Gasteiger partial charge in [0.2, 0.25) is 0 Å². The summed E-state index contributed by atoms with van der Waals surface area (Å²) in [6.07, 6.45) is 7.58. The van der Waals surface area contributed by atoms with Crippen LogP contribution in [0.15, 0.2) is 0 Å². The molecular formula is C12H25NO. The SMILES string of the molecule is CC(CN)C(C)(O)C1CCCCCC1. The molecule has 14 heavy (non-hydrogen) atoms. The third kappa shape index (κ3) is 2.71. The van der Waals surface area contributed by atoms with Crippen molar-refractivity contribution in [1.29, 1.82) is 0 Å². The Balaban J connectivity index is 2.59. The molecule has 2 nitrogen and oxygen atoms in total. The van der Waals surface area contributed by atoms with Crippen molar-refractivity contribution in [1.82, 2.24) is 0 Å². The van der Waals surface area contributed by atoms with E-state index in [4.69, 9.17) is 5.73 Å². The van der Waals surface area contributed by atoms with Gasteiger partial charge in [-0.1, -0.05) is 32.6 Å². The fourth-order valence-corrected chi connectivity index (χ4v) is 2.50. The molecule has 0 heterocycles. The average molecular weight is 199 g/mol. The van der Waals surface area contributed by atoms with Crippen LogP contribution in [0.2, 0.25) is 0 Å². The van der Waals surface area contributed by atoms with Gasteiger partial charge in [-0.2, -0.15) is 0 Å². The predicted octanol–water partition coefficient (Wildman–Crippen LogP) is 2.30. The molecule has 0 saturated heterocycles. The molecular weight excluding hydrogens is 174 g/mol. The lowest BCUT2D eigenvalue weighted by Crippen LogP contribution is -2.44. The number of aliphatic hydroxyl groups is 1. The van der Waals surface area contributed by atoms with Crippen molar-refractivity contribution in [2.24, 2.45) is 17.6 Å². The second kappa shape index (κ2) is 5.13. The minimum absolute atomic E-state index is 0.214. The van der Waals surface area contributed by atoms with E-state index < -0.39 is 5.60 Å². The Morgan fingerprint density at radius 3 is 2.21 bits per heavy atom. The minimum Gasteiger partial charge on any atom is -0.390 e. The molecule has 2 heteroatoms. The van der Waals surface area contributed by atoms with Crippen LogP contribution in [0.5, 0.6) is 0 Å². The first kappa shape index (κ1) is 12.0. The molecule has 1 aliphatic rings. The van der Waals surface area contributed by atoms with Gasteiger partial charge in [0, 0.05) is 0 Å². The van der Waals surface area contributed by atoms with E-state index in [1.807, 2.05) is 6.92 Å². The highest BCUT2D eigenvalue weighted by molar-refractivity contribution is 4.88. The molecule has 84 valence electrons. The Hall–Kier alpha value is -0.0800. The van der Waals surface area contributed by atoms with E-state index in [0.717, 1.165) is 0 Å².